The molecule has 96 valence electrons. The highest BCUT2D eigenvalue weighted by Crippen LogP contribution is 2.20. The van der Waals surface area contributed by atoms with Gasteiger partial charge < -0.3 is 10.1 Å². The van der Waals surface area contributed by atoms with E-state index in [0.717, 1.165) is 24.0 Å². The highest BCUT2D eigenvalue weighted by molar-refractivity contribution is 9.10. The summed E-state index contributed by atoms with van der Waals surface area (Å²) in [4.78, 5) is 0. The molecule has 0 radical (unpaired) electrons. The van der Waals surface area contributed by atoms with Crippen molar-refractivity contribution in [2.24, 2.45) is 0 Å². The molecule has 1 aromatic rings. The first kappa shape index (κ1) is 14.7. The van der Waals surface area contributed by atoms with Crippen molar-refractivity contribution >= 4 is 15.9 Å². The second kappa shape index (κ2) is 8.67. The highest BCUT2D eigenvalue weighted by atomic mass is 79.9. The van der Waals surface area contributed by atoms with Crippen LogP contribution >= 0.6 is 15.9 Å². The molecule has 2 nitrogen and oxygen atoms in total. The van der Waals surface area contributed by atoms with Crippen LogP contribution in [0.2, 0.25) is 0 Å². The van der Waals surface area contributed by atoms with Crippen LogP contribution in [0.3, 0.4) is 0 Å². The van der Waals surface area contributed by atoms with Crippen LogP contribution in [0.4, 0.5) is 0 Å². The molecule has 17 heavy (non-hydrogen) atoms. The van der Waals surface area contributed by atoms with Gasteiger partial charge in [-0.25, -0.2) is 0 Å². The summed E-state index contributed by atoms with van der Waals surface area (Å²) in [5, 5.41) is 3.19. The Morgan fingerprint density at radius 2 is 1.94 bits per heavy atom. The fraction of sp³-hybridized carbons (Fsp3) is 0.571. The second-order valence-corrected chi connectivity index (χ2v) is 5.09. The third-order valence-corrected chi connectivity index (χ3v) is 3.23. The Bertz CT molecular complexity index is 300. The number of hydrogen-bond acceptors (Lipinski definition) is 2. The molecule has 0 fully saturated rings. The maximum absolute atomic E-state index is 5.93. The summed E-state index contributed by atoms with van der Waals surface area (Å²) < 4.78 is 7.04. The van der Waals surface area contributed by atoms with E-state index >= 15 is 0 Å². The lowest BCUT2D eigenvalue weighted by atomic mass is 10.1. The van der Waals surface area contributed by atoms with Crippen LogP contribution in [0.5, 0.6) is 0 Å². The molecule has 0 saturated heterocycles. The van der Waals surface area contributed by atoms with E-state index in [0.29, 0.717) is 0 Å². The predicted octanol–water partition coefficient (Wildman–Crippen LogP) is 3.92. The first-order valence-electron chi connectivity index (χ1n) is 6.29. The number of likely N-dealkylation sites (N-methyl/N-ethyl adjacent to an activating group) is 1. The number of nitrogens with one attached hydrogen (secondary N) is 1. The summed E-state index contributed by atoms with van der Waals surface area (Å²) in [5.74, 6) is 0. The number of hydrogen-bond donors (Lipinski definition) is 1. The lowest BCUT2D eigenvalue weighted by Crippen LogP contribution is -2.20. The maximum Gasteiger partial charge on any atom is 0.0949 e. The smallest absolute Gasteiger partial charge is 0.0949 e. The van der Waals surface area contributed by atoms with E-state index in [2.05, 4.69) is 52.4 Å². The molecule has 1 rings (SSSR count). The molecule has 0 aromatic heterocycles. The van der Waals surface area contributed by atoms with Gasteiger partial charge >= 0.3 is 0 Å². The van der Waals surface area contributed by atoms with E-state index in [1.165, 1.54) is 18.4 Å². The lowest BCUT2D eigenvalue weighted by molar-refractivity contribution is 0.0513. The van der Waals surface area contributed by atoms with Gasteiger partial charge in [0, 0.05) is 17.6 Å². The normalized spacial score (nSPS) is 12.6. The summed E-state index contributed by atoms with van der Waals surface area (Å²) in [6.07, 6.45) is 3.78. The first-order valence-corrected chi connectivity index (χ1v) is 7.09. The molecular weight excluding hydrogens is 278 g/mol. The van der Waals surface area contributed by atoms with Gasteiger partial charge in [-0.15, -0.1) is 0 Å². The number of unbranched alkanes of at least 4 members (excludes halogenated alkanes) is 2. The van der Waals surface area contributed by atoms with E-state index in [4.69, 9.17) is 4.74 Å². The Balaban J connectivity index is 2.49. The molecule has 0 amide bonds. The lowest BCUT2D eigenvalue weighted by Gasteiger charge is -2.18. The Kier molecular flexibility index (Phi) is 7.49. The maximum atomic E-state index is 5.93. The number of benzene rings is 1. The van der Waals surface area contributed by atoms with E-state index in [-0.39, 0.29) is 6.10 Å². The monoisotopic (exact) mass is 299 g/mol. The Morgan fingerprint density at radius 3 is 2.53 bits per heavy atom. The number of rotatable bonds is 8. The third kappa shape index (κ3) is 5.66. The van der Waals surface area contributed by atoms with Crippen molar-refractivity contribution in [3.05, 3.63) is 34.3 Å². The van der Waals surface area contributed by atoms with Gasteiger partial charge in [-0.05, 0) is 31.2 Å². The van der Waals surface area contributed by atoms with Gasteiger partial charge in [0.15, 0.2) is 0 Å². The molecule has 0 aliphatic carbocycles. The van der Waals surface area contributed by atoms with Gasteiger partial charge in [0.2, 0.25) is 0 Å². The zero-order chi connectivity index (χ0) is 12.5. The molecule has 0 heterocycles. The highest BCUT2D eigenvalue weighted by Gasteiger charge is 2.10. The fourth-order valence-electron chi connectivity index (χ4n) is 1.71. The van der Waals surface area contributed by atoms with Gasteiger partial charge in [-0.2, -0.15) is 0 Å². The van der Waals surface area contributed by atoms with E-state index in [9.17, 15) is 0 Å². The van der Waals surface area contributed by atoms with Gasteiger partial charge in [0.25, 0.3) is 0 Å². The molecule has 1 atom stereocenters. The van der Waals surface area contributed by atoms with Crippen molar-refractivity contribution < 1.29 is 4.74 Å². The van der Waals surface area contributed by atoms with E-state index in [1.807, 2.05) is 7.05 Å². The van der Waals surface area contributed by atoms with Crippen LogP contribution in [0.15, 0.2) is 28.7 Å². The van der Waals surface area contributed by atoms with Crippen LogP contribution in [-0.4, -0.2) is 20.2 Å². The number of ether oxygens (including phenoxy) is 1. The third-order valence-electron chi connectivity index (χ3n) is 2.70. The summed E-state index contributed by atoms with van der Waals surface area (Å²) in [6.45, 7) is 3.91. The fourth-order valence-corrected chi connectivity index (χ4v) is 1.98. The van der Waals surface area contributed by atoms with Crippen molar-refractivity contribution in [3.8, 4) is 0 Å². The zero-order valence-corrected chi connectivity index (χ0v) is 12.3. The van der Waals surface area contributed by atoms with Crippen LogP contribution in [0, 0.1) is 0 Å². The summed E-state index contributed by atoms with van der Waals surface area (Å²) in [7, 11) is 1.96. The largest absolute Gasteiger partial charge is 0.372 e. The average Bonchev–Trinajstić information content (AvgIpc) is 2.34. The Labute approximate surface area is 113 Å². The van der Waals surface area contributed by atoms with Crippen LogP contribution in [-0.2, 0) is 4.74 Å². The Morgan fingerprint density at radius 1 is 1.24 bits per heavy atom. The van der Waals surface area contributed by atoms with Gasteiger partial charge in [0.1, 0.15) is 0 Å². The van der Waals surface area contributed by atoms with E-state index < -0.39 is 0 Å². The molecule has 0 aliphatic heterocycles. The van der Waals surface area contributed by atoms with Gasteiger partial charge in [-0.3, -0.25) is 0 Å². The van der Waals surface area contributed by atoms with E-state index in [1.54, 1.807) is 0 Å². The number of halogens is 1. The van der Waals surface area contributed by atoms with Crippen LogP contribution in [0.1, 0.15) is 37.9 Å². The van der Waals surface area contributed by atoms with Crippen molar-refractivity contribution in [2.45, 2.75) is 32.3 Å². The summed E-state index contributed by atoms with van der Waals surface area (Å²) >= 11 is 3.45. The molecule has 1 N–H and O–H groups in total. The SMILES string of the molecule is CCCCCOC(CNC)c1ccc(Br)cc1. The zero-order valence-electron chi connectivity index (χ0n) is 10.7. The molecule has 3 heteroatoms. The van der Waals surface area contributed by atoms with Crippen molar-refractivity contribution in [1.29, 1.82) is 0 Å². The van der Waals surface area contributed by atoms with Gasteiger partial charge in [-0.1, -0.05) is 47.8 Å². The van der Waals surface area contributed by atoms with Crippen molar-refractivity contribution in [2.75, 3.05) is 20.2 Å². The van der Waals surface area contributed by atoms with Crippen LogP contribution in [0.25, 0.3) is 0 Å². The molecule has 0 saturated carbocycles. The topological polar surface area (TPSA) is 21.3 Å². The Hall–Kier alpha value is -0.380. The minimum Gasteiger partial charge on any atom is -0.372 e. The molecule has 1 aromatic carbocycles. The molecule has 0 aliphatic rings. The minimum absolute atomic E-state index is 0.157. The molecule has 1 unspecified atom stereocenters. The first-order chi connectivity index (χ1) is 8.27. The van der Waals surface area contributed by atoms with Crippen molar-refractivity contribution in [3.63, 3.8) is 0 Å². The molecular formula is C14H22BrNO. The van der Waals surface area contributed by atoms with Crippen molar-refractivity contribution in [1.82, 2.24) is 5.32 Å². The summed E-state index contributed by atoms with van der Waals surface area (Å²) in [6, 6.07) is 8.36. The predicted molar refractivity (Wildman–Crippen MR) is 76.3 cm³/mol. The van der Waals surface area contributed by atoms with Gasteiger partial charge in [0.05, 0.1) is 6.10 Å². The van der Waals surface area contributed by atoms with Crippen LogP contribution < -0.4 is 5.32 Å². The minimum atomic E-state index is 0.157. The molecule has 0 spiro atoms. The standard InChI is InChI=1S/C14H22BrNO/c1-3-4-5-10-17-14(11-16-2)12-6-8-13(15)9-7-12/h6-9,14,16H,3-5,10-11H2,1-2H3. The molecule has 0 bridgehead atoms. The quantitative estimate of drug-likeness (QED) is 0.735. The average molecular weight is 300 g/mol. The summed E-state index contributed by atoms with van der Waals surface area (Å²) in [5.41, 5.74) is 1.24. The second-order valence-electron chi connectivity index (χ2n) is 4.18.